The molecule has 0 radical (unpaired) electrons. The van der Waals surface area contributed by atoms with Gasteiger partial charge in [0.05, 0.1) is 10.6 Å². The van der Waals surface area contributed by atoms with Crippen LogP contribution in [0.2, 0.25) is 0 Å². The van der Waals surface area contributed by atoms with Crippen LogP contribution in [0.15, 0.2) is 58.4 Å². The summed E-state index contributed by atoms with van der Waals surface area (Å²) >= 11 is 1.38. The van der Waals surface area contributed by atoms with E-state index in [-0.39, 0.29) is 5.91 Å². The van der Waals surface area contributed by atoms with Gasteiger partial charge < -0.3 is 10.2 Å². The second-order valence-corrected chi connectivity index (χ2v) is 6.98. The summed E-state index contributed by atoms with van der Waals surface area (Å²) in [6.45, 7) is 2.10. The van der Waals surface area contributed by atoms with Crippen molar-refractivity contribution in [1.82, 2.24) is 5.32 Å². The van der Waals surface area contributed by atoms with E-state index in [1.165, 1.54) is 17.3 Å². The van der Waals surface area contributed by atoms with Gasteiger partial charge in [0, 0.05) is 19.8 Å². The molecule has 5 heteroatoms. The fraction of sp³-hybridized carbons (Fsp3) is 0.200. The molecule has 1 saturated heterocycles. The van der Waals surface area contributed by atoms with Crippen molar-refractivity contribution < 1.29 is 4.79 Å². The molecule has 1 amide bonds. The Morgan fingerprint density at radius 3 is 2.52 bits per heavy atom. The van der Waals surface area contributed by atoms with E-state index in [1.807, 2.05) is 67.5 Å². The number of amidine groups is 1. The Bertz CT molecular complexity index is 838. The van der Waals surface area contributed by atoms with Gasteiger partial charge in [-0.15, -0.1) is 0 Å². The lowest BCUT2D eigenvalue weighted by Crippen LogP contribution is -2.19. The molecule has 2 aromatic carbocycles. The number of aryl methyl sites for hydroxylation is 1. The topological polar surface area (TPSA) is 44.7 Å². The number of carbonyl (C=O) groups excluding carboxylic acids is 1. The third-order valence-corrected chi connectivity index (χ3v) is 4.86. The number of amides is 1. The molecule has 0 unspecified atom stereocenters. The van der Waals surface area contributed by atoms with Gasteiger partial charge in [-0.2, -0.15) is 0 Å². The molecular formula is C20H21N3OS. The standard InChI is InChI=1S/C20H21N3OS/c1-4-15-7-5-6-8-17(15)21-20-22-19(24)18(25-20)13-14-9-11-16(12-10-14)23(2)3/h5-13H,4H2,1-3H3,(H,21,22,24). The third kappa shape index (κ3) is 4.12. The fourth-order valence-electron chi connectivity index (χ4n) is 2.53. The monoisotopic (exact) mass is 351 g/mol. The van der Waals surface area contributed by atoms with Gasteiger partial charge in [0.1, 0.15) is 0 Å². The minimum Gasteiger partial charge on any atom is -0.378 e. The van der Waals surface area contributed by atoms with Crippen LogP contribution < -0.4 is 10.2 Å². The van der Waals surface area contributed by atoms with Crippen LogP contribution >= 0.6 is 11.8 Å². The minimum absolute atomic E-state index is 0.102. The largest absolute Gasteiger partial charge is 0.378 e. The molecule has 0 bridgehead atoms. The van der Waals surface area contributed by atoms with Crippen molar-refractivity contribution in [3.63, 3.8) is 0 Å². The number of hydrogen-bond donors (Lipinski definition) is 1. The molecule has 0 aromatic heterocycles. The molecule has 4 nitrogen and oxygen atoms in total. The highest BCUT2D eigenvalue weighted by Gasteiger charge is 2.24. The van der Waals surface area contributed by atoms with Crippen molar-refractivity contribution in [2.45, 2.75) is 13.3 Å². The molecule has 1 aliphatic rings. The Kier molecular flexibility index (Phi) is 5.24. The van der Waals surface area contributed by atoms with Crippen molar-refractivity contribution >= 4 is 40.3 Å². The van der Waals surface area contributed by atoms with Gasteiger partial charge in [-0.3, -0.25) is 4.79 Å². The van der Waals surface area contributed by atoms with Crippen LogP contribution in [0.1, 0.15) is 18.1 Å². The molecule has 0 atom stereocenters. The van der Waals surface area contributed by atoms with Gasteiger partial charge in [0.15, 0.2) is 5.17 Å². The minimum atomic E-state index is -0.102. The van der Waals surface area contributed by atoms with Crippen molar-refractivity contribution in [1.29, 1.82) is 0 Å². The number of nitrogens with zero attached hydrogens (tertiary/aromatic N) is 2. The predicted molar refractivity (Wildman–Crippen MR) is 107 cm³/mol. The highest BCUT2D eigenvalue weighted by atomic mass is 32.2. The summed E-state index contributed by atoms with van der Waals surface area (Å²) in [6.07, 6.45) is 2.81. The van der Waals surface area contributed by atoms with Crippen molar-refractivity contribution in [3.8, 4) is 0 Å². The van der Waals surface area contributed by atoms with Crippen LogP contribution in [-0.4, -0.2) is 25.2 Å². The molecule has 128 valence electrons. The van der Waals surface area contributed by atoms with Crippen LogP contribution in [-0.2, 0) is 11.2 Å². The summed E-state index contributed by atoms with van der Waals surface area (Å²) in [6, 6.07) is 16.1. The van der Waals surface area contributed by atoms with Crippen LogP contribution in [0.3, 0.4) is 0 Å². The number of benzene rings is 2. The number of aliphatic imine (C=N–C) groups is 1. The van der Waals surface area contributed by atoms with E-state index in [4.69, 9.17) is 0 Å². The van der Waals surface area contributed by atoms with E-state index in [0.29, 0.717) is 10.1 Å². The summed E-state index contributed by atoms with van der Waals surface area (Å²) in [5.41, 5.74) is 4.20. The molecule has 1 heterocycles. The van der Waals surface area contributed by atoms with Crippen molar-refractivity contribution in [2.24, 2.45) is 4.99 Å². The van der Waals surface area contributed by atoms with Gasteiger partial charge in [0.2, 0.25) is 0 Å². The van der Waals surface area contributed by atoms with E-state index >= 15 is 0 Å². The average Bonchev–Trinajstić information content (AvgIpc) is 2.95. The number of para-hydroxylation sites is 1. The summed E-state index contributed by atoms with van der Waals surface area (Å²) in [5, 5.41) is 3.48. The zero-order valence-electron chi connectivity index (χ0n) is 14.6. The van der Waals surface area contributed by atoms with Crippen molar-refractivity contribution in [2.75, 3.05) is 19.0 Å². The molecule has 1 N–H and O–H groups in total. The maximum atomic E-state index is 12.2. The number of anilines is 1. The normalized spacial score (nSPS) is 17.2. The Hall–Kier alpha value is -2.53. The molecule has 25 heavy (non-hydrogen) atoms. The number of nitrogens with one attached hydrogen (secondary N) is 1. The maximum absolute atomic E-state index is 12.2. The van der Waals surface area contributed by atoms with Gasteiger partial charge in [-0.25, -0.2) is 4.99 Å². The lowest BCUT2D eigenvalue weighted by molar-refractivity contribution is -0.115. The molecule has 2 aromatic rings. The highest BCUT2D eigenvalue weighted by Crippen LogP contribution is 2.29. The molecule has 0 spiro atoms. The van der Waals surface area contributed by atoms with Gasteiger partial charge in [0.25, 0.3) is 5.91 Å². The van der Waals surface area contributed by atoms with Crippen LogP contribution in [0, 0.1) is 0 Å². The second kappa shape index (κ2) is 7.57. The van der Waals surface area contributed by atoms with Crippen LogP contribution in [0.25, 0.3) is 6.08 Å². The number of thioether (sulfide) groups is 1. The van der Waals surface area contributed by atoms with Crippen molar-refractivity contribution in [3.05, 3.63) is 64.6 Å². The molecule has 1 fully saturated rings. The maximum Gasteiger partial charge on any atom is 0.264 e. The Morgan fingerprint density at radius 2 is 1.84 bits per heavy atom. The van der Waals surface area contributed by atoms with Gasteiger partial charge in [-0.05, 0) is 53.6 Å². The van der Waals surface area contributed by atoms with E-state index in [9.17, 15) is 4.79 Å². The fourth-order valence-corrected chi connectivity index (χ4v) is 3.36. The van der Waals surface area contributed by atoms with E-state index in [0.717, 1.165) is 23.4 Å². The molecule has 0 saturated carbocycles. The molecular weight excluding hydrogens is 330 g/mol. The van der Waals surface area contributed by atoms with E-state index in [1.54, 1.807) is 0 Å². The number of rotatable bonds is 4. The first-order valence-electron chi connectivity index (χ1n) is 8.21. The zero-order valence-corrected chi connectivity index (χ0v) is 15.4. The Balaban J connectivity index is 1.81. The lowest BCUT2D eigenvalue weighted by Gasteiger charge is -2.11. The zero-order chi connectivity index (χ0) is 17.8. The van der Waals surface area contributed by atoms with Crippen LogP contribution in [0.5, 0.6) is 0 Å². The molecule has 3 rings (SSSR count). The molecule has 1 aliphatic heterocycles. The predicted octanol–water partition coefficient (Wildman–Crippen LogP) is 4.21. The highest BCUT2D eigenvalue weighted by molar-refractivity contribution is 8.18. The SMILES string of the molecule is CCc1ccccc1N=C1NC(=O)C(=Cc2ccc(N(C)C)cc2)S1. The Morgan fingerprint density at radius 1 is 1.12 bits per heavy atom. The average molecular weight is 351 g/mol. The summed E-state index contributed by atoms with van der Waals surface area (Å²) in [4.78, 5) is 19.5. The third-order valence-electron chi connectivity index (χ3n) is 3.95. The number of hydrogen-bond acceptors (Lipinski definition) is 4. The first-order chi connectivity index (χ1) is 12.1. The summed E-state index contributed by atoms with van der Waals surface area (Å²) in [5.74, 6) is -0.102. The summed E-state index contributed by atoms with van der Waals surface area (Å²) in [7, 11) is 4.01. The quantitative estimate of drug-likeness (QED) is 0.840. The summed E-state index contributed by atoms with van der Waals surface area (Å²) < 4.78 is 0. The number of carbonyl (C=O) groups is 1. The smallest absolute Gasteiger partial charge is 0.264 e. The van der Waals surface area contributed by atoms with Crippen LogP contribution in [0.4, 0.5) is 11.4 Å². The van der Waals surface area contributed by atoms with E-state index < -0.39 is 0 Å². The first kappa shape index (κ1) is 17.3. The van der Waals surface area contributed by atoms with Gasteiger partial charge in [-0.1, -0.05) is 37.3 Å². The lowest BCUT2D eigenvalue weighted by atomic mass is 10.1. The molecule has 0 aliphatic carbocycles. The Labute approximate surface area is 152 Å². The second-order valence-electron chi connectivity index (χ2n) is 5.95. The first-order valence-corrected chi connectivity index (χ1v) is 9.03. The van der Waals surface area contributed by atoms with Gasteiger partial charge >= 0.3 is 0 Å². The van der Waals surface area contributed by atoms with E-state index in [2.05, 4.69) is 23.3 Å².